The van der Waals surface area contributed by atoms with Gasteiger partial charge in [-0.2, -0.15) is 0 Å². The van der Waals surface area contributed by atoms with Gasteiger partial charge in [0.15, 0.2) is 0 Å². The van der Waals surface area contributed by atoms with Crippen molar-refractivity contribution in [3.8, 4) is 0 Å². The molecular formula is C17H30ClN3O2. The molecular weight excluding hydrogens is 314 g/mol. The summed E-state index contributed by atoms with van der Waals surface area (Å²) in [6.45, 7) is 5.95. The Labute approximate surface area is 145 Å². The van der Waals surface area contributed by atoms with Gasteiger partial charge in [-0.05, 0) is 44.1 Å². The standard InChI is InChI=1S/C17H29N3O2.ClH/c1-13(21)20-8-5-14(6-9-20)10-19-16(22)17-7-3-2-4-15(17)11-18-12-17;/h14-15,18H,2-12H2,1H3,(H,19,22);1H/t15-,17+;/m0./s1. The summed E-state index contributed by atoms with van der Waals surface area (Å²) in [7, 11) is 0. The van der Waals surface area contributed by atoms with E-state index in [9.17, 15) is 9.59 Å². The molecule has 0 bridgehead atoms. The van der Waals surface area contributed by atoms with Gasteiger partial charge in [-0.15, -0.1) is 12.4 Å². The molecule has 23 heavy (non-hydrogen) atoms. The molecule has 2 atom stereocenters. The second-order valence-corrected chi connectivity index (χ2v) is 7.39. The lowest BCUT2D eigenvalue weighted by molar-refractivity contribution is -0.135. The van der Waals surface area contributed by atoms with Crippen LogP contribution in [0.2, 0.25) is 0 Å². The zero-order valence-corrected chi connectivity index (χ0v) is 14.9. The van der Waals surface area contributed by atoms with Crippen LogP contribution in [0.3, 0.4) is 0 Å². The van der Waals surface area contributed by atoms with Crippen molar-refractivity contribution in [1.29, 1.82) is 0 Å². The van der Waals surface area contributed by atoms with Crippen molar-refractivity contribution in [1.82, 2.24) is 15.5 Å². The fourth-order valence-electron chi connectivity index (χ4n) is 4.56. The van der Waals surface area contributed by atoms with Gasteiger partial charge in [0.2, 0.25) is 11.8 Å². The summed E-state index contributed by atoms with van der Waals surface area (Å²) in [4.78, 5) is 26.1. The maximum Gasteiger partial charge on any atom is 0.227 e. The highest BCUT2D eigenvalue weighted by atomic mass is 35.5. The van der Waals surface area contributed by atoms with Gasteiger partial charge in [0.1, 0.15) is 0 Å². The molecule has 0 aromatic carbocycles. The first-order valence-electron chi connectivity index (χ1n) is 8.86. The minimum Gasteiger partial charge on any atom is -0.355 e. The molecule has 2 N–H and O–H groups in total. The van der Waals surface area contributed by atoms with E-state index in [1.54, 1.807) is 6.92 Å². The highest BCUT2D eigenvalue weighted by Crippen LogP contribution is 2.43. The van der Waals surface area contributed by atoms with Crippen molar-refractivity contribution < 1.29 is 9.59 Å². The number of halogens is 1. The van der Waals surface area contributed by atoms with Gasteiger partial charge < -0.3 is 15.5 Å². The molecule has 2 amide bonds. The average Bonchev–Trinajstić information content (AvgIpc) is 2.98. The van der Waals surface area contributed by atoms with Gasteiger partial charge in [-0.25, -0.2) is 0 Å². The number of hydrogen-bond donors (Lipinski definition) is 2. The highest BCUT2D eigenvalue weighted by molar-refractivity contribution is 5.85. The highest BCUT2D eigenvalue weighted by Gasteiger charge is 2.49. The third kappa shape index (κ3) is 3.82. The number of amides is 2. The van der Waals surface area contributed by atoms with Crippen molar-refractivity contribution in [2.75, 3.05) is 32.7 Å². The van der Waals surface area contributed by atoms with Crippen LogP contribution >= 0.6 is 12.4 Å². The normalized spacial score (nSPS) is 31.2. The van der Waals surface area contributed by atoms with Crippen LogP contribution in [0.15, 0.2) is 0 Å². The summed E-state index contributed by atoms with van der Waals surface area (Å²) in [5.41, 5.74) is -0.141. The number of nitrogens with zero attached hydrogens (tertiary/aromatic N) is 1. The maximum atomic E-state index is 12.8. The fourth-order valence-corrected chi connectivity index (χ4v) is 4.56. The van der Waals surface area contributed by atoms with E-state index in [-0.39, 0.29) is 29.6 Å². The summed E-state index contributed by atoms with van der Waals surface area (Å²) in [6, 6.07) is 0. The molecule has 2 saturated heterocycles. The van der Waals surface area contributed by atoms with Crippen LogP contribution < -0.4 is 10.6 Å². The first kappa shape index (κ1) is 18.5. The van der Waals surface area contributed by atoms with E-state index in [0.29, 0.717) is 11.8 Å². The van der Waals surface area contributed by atoms with Crippen LogP contribution in [0.4, 0.5) is 0 Å². The van der Waals surface area contributed by atoms with Gasteiger partial charge in [-0.3, -0.25) is 9.59 Å². The monoisotopic (exact) mass is 343 g/mol. The minimum atomic E-state index is -0.141. The molecule has 0 unspecified atom stereocenters. The number of piperidine rings is 1. The molecule has 0 aromatic heterocycles. The summed E-state index contributed by atoms with van der Waals surface area (Å²) >= 11 is 0. The van der Waals surface area contributed by atoms with Crippen molar-refractivity contribution in [2.24, 2.45) is 17.3 Å². The molecule has 1 aliphatic carbocycles. The Morgan fingerprint density at radius 2 is 1.96 bits per heavy atom. The molecule has 3 aliphatic rings. The van der Waals surface area contributed by atoms with Gasteiger partial charge in [-0.1, -0.05) is 12.8 Å². The van der Waals surface area contributed by atoms with Crippen LogP contribution in [0, 0.1) is 17.3 Å². The van der Waals surface area contributed by atoms with E-state index >= 15 is 0 Å². The Hall–Kier alpha value is -0.810. The quantitative estimate of drug-likeness (QED) is 0.817. The smallest absolute Gasteiger partial charge is 0.227 e. The number of likely N-dealkylation sites (tertiary alicyclic amines) is 1. The summed E-state index contributed by atoms with van der Waals surface area (Å²) < 4.78 is 0. The van der Waals surface area contributed by atoms with Gasteiger partial charge in [0.25, 0.3) is 0 Å². The maximum absolute atomic E-state index is 12.8. The topological polar surface area (TPSA) is 61.4 Å². The zero-order valence-electron chi connectivity index (χ0n) is 14.1. The van der Waals surface area contributed by atoms with Crippen LogP contribution in [-0.2, 0) is 9.59 Å². The van der Waals surface area contributed by atoms with Crippen LogP contribution in [-0.4, -0.2) is 49.4 Å². The molecule has 3 rings (SSSR count). The predicted octanol–water partition coefficient (Wildman–Crippen LogP) is 1.56. The second-order valence-electron chi connectivity index (χ2n) is 7.39. The largest absolute Gasteiger partial charge is 0.355 e. The summed E-state index contributed by atoms with van der Waals surface area (Å²) in [5.74, 6) is 1.49. The van der Waals surface area contributed by atoms with E-state index in [4.69, 9.17) is 0 Å². The molecule has 2 heterocycles. The second kappa shape index (κ2) is 7.84. The molecule has 6 heteroatoms. The lowest BCUT2D eigenvalue weighted by Crippen LogP contribution is -2.49. The first-order chi connectivity index (χ1) is 10.6. The Balaban J connectivity index is 0.00000192. The van der Waals surface area contributed by atoms with E-state index in [1.807, 2.05) is 4.90 Å². The molecule has 3 fully saturated rings. The molecule has 0 aromatic rings. The molecule has 1 saturated carbocycles. The van der Waals surface area contributed by atoms with E-state index in [2.05, 4.69) is 10.6 Å². The number of carbonyl (C=O) groups excluding carboxylic acids is 2. The van der Waals surface area contributed by atoms with E-state index < -0.39 is 0 Å². The van der Waals surface area contributed by atoms with Crippen LogP contribution in [0.5, 0.6) is 0 Å². The first-order valence-corrected chi connectivity index (χ1v) is 8.86. The number of hydrogen-bond acceptors (Lipinski definition) is 3. The average molecular weight is 344 g/mol. The van der Waals surface area contributed by atoms with Crippen molar-refractivity contribution >= 4 is 24.2 Å². The van der Waals surface area contributed by atoms with Crippen LogP contribution in [0.25, 0.3) is 0 Å². The zero-order chi connectivity index (χ0) is 15.6. The third-order valence-electron chi connectivity index (χ3n) is 6.10. The van der Waals surface area contributed by atoms with Gasteiger partial charge in [0.05, 0.1) is 5.41 Å². The fraction of sp³-hybridized carbons (Fsp3) is 0.882. The third-order valence-corrected chi connectivity index (χ3v) is 6.10. The summed E-state index contributed by atoms with van der Waals surface area (Å²) in [5, 5.41) is 6.68. The Morgan fingerprint density at radius 3 is 2.65 bits per heavy atom. The molecule has 5 nitrogen and oxygen atoms in total. The molecule has 132 valence electrons. The van der Waals surface area contributed by atoms with Gasteiger partial charge in [0, 0.05) is 33.1 Å². The number of nitrogens with one attached hydrogen (secondary N) is 2. The number of fused-ring (bicyclic) bond motifs is 1. The van der Waals surface area contributed by atoms with Crippen molar-refractivity contribution in [2.45, 2.75) is 45.4 Å². The van der Waals surface area contributed by atoms with E-state index in [1.165, 1.54) is 19.3 Å². The minimum absolute atomic E-state index is 0. The SMILES string of the molecule is CC(=O)N1CCC(CNC(=O)[C@@]23CCCC[C@H]2CNC3)CC1.Cl. The lowest BCUT2D eigenvalue weighted by atomic mass is 9.67. The molecule has 2 aliphatic heterocycles. The van der Waals surface area contributed by atoms with Crippen molar-refractivity contribution in [3.63, 3.8) is 0 Å². The lowest BCUT2D eigenvalue weighted by Gasteiger charge is -2.38. The predicted molar refractivity (Wildman–Crippen MR) is 92.5 cm³/mol. The summed E-state index contributed by atoms with van der Waals surface area (Å²) in [6.07, 6.45) is 6.70. The van der Waals surface area contributed by atoms with Gasteiger partial charge >= 0.3 is 0 Å². The molecule has 0 radical (unpaired) electrons. The van der Waals surface area contributed by atoms with E-state index in [0.717, 1.165) is 52.0 Å². The number of rotatable bonds is 3. The Bertz CT molecular complexity index is 438. The van der Waals surface area contributed by atoms with Crippen LogP contribution in [0.1, 0.15) is 45.4 Å². The van der Waals surface area contributed by atoms with Crippen molar-refractivity contribution in [3.05, 3.63) is 0 Å². The Kier molecular flexibility index (Phi) is 6.32. The molecule has 0 spiro atoms. The number of carbonyl (C=O) groups is 2. The Morgan fingerprint density at radius 1 is 1.22 bits per heavy atom.